The summed E-state index contributed by atoms with van der Waals surface area (Å²) < 4.78 is 5.28. The highest BCUT2D eigenvalue weighted by molar-refractivity contribution is 6.02. The molecule has 1 unspecified atom stereocenters. The highest BCUT2D eigenvalue weighted by Gasteiger charge is 2.36. The summed E-state index contributed by atoms with van der Waals surface area (Å²) in [5, 5.41) is 2.77. The van der Waals surface area contributed by atoms with Gasteiger partial charge in [0.25, 0.3) is 0 Å². The van der Waals surface area contributed by atoms with Gasteiger partial charge in [-0.2, -0.15) is 0 Å². The van der Waals surface area contributed by atoms with Gasteiger partial charge in [-0.15, -0.1) is 0 Å². The largest absolute Gasteiger partial charge is 0.377 e. The van der Waals surface area contributed by atoms with Crippen molar-refractivity contribution in [3.63, 3.8) is 0 Å². The minimum atomic E-state index is -0.249. The van der Waals surface area contributed by atoms with E-state index in [-0.39, 0.29) is 11.9 Å². The SMILES string of the molecule is O=C1Nc2cncnc2N2CCOCC12. The summed E-state index contributed by atoms with van der Waals surface area (Å²) in [5.41, 5.74) is 0.681. The van der Waals surface area contributed by atoms with Crippen LogP contribution in [0.25, 0.3) is 0 Å². The molecule has 0 aromatic carbocycles. The third-order valence-corrected chi connectivity index (χ3v) is 2.65. The van der Waals surface area contributed by atoms with Crippen LogP contribution in [0.5, 0.6) is 0 Å². The molecular weight excluding hydrogens is 196 g/mol. The maximum Gasteiger partial charge on any atom is 0.249 e. The van der Waals surface area contributed by atoms with Crippen LogP contribution in [0.2, 0.25) is 0 Å². The number of carbonyl (C=O) groups excluding carboxylic acids is 1. The molecule has 78 valence electrons. The fourth-order valence-corrected chi connectivity index (χ4v) is 1.93. The third-order valence-electron chi connectivity index (χ3n) is 2.65. The second kappa shape index (κ2) is 3.16. The van der Waals surface area contributed by atoms with Crippen molar-refractivity contribution in [1.29, 1.82) is 0 Å². The fraction of sp³-hybridized carbons (Fsp3) is 0.444. The van der Waals surface area contributed by atoms with E-state index in [1.54, 1.807) is 6.20 Å². The number of nitrogens with one attached hydrogen (secondary N) is 1. The predicted molar refractivity (Wildman–Crippen MR) is 52.6 cm³/mol. The van der Waals surface area contributed by atoms with Crippen molar-refractivity contribution in [3.8, 4) is 0 Å². The first-order valence-corrected chi connectivity index (χ1v) is 4.81. The molecule has 1 atom stereocenters. The Labute approximate surface area is 86.3 Å². The Bertz CT molecular complexity index is 409. The second-order valence-electron chi connectivity index (χ2n) is 3.53. The van der Waals surface area contributed by atoms with Gasteiger partial charge in [0.2, 0.25) is 5.91 Å². The van der Waals surface area contributed by atoms with Crippen LogP contribution in [-0.4, -0.2) is 41.7 Å². The van der Waals surface area contributed by atoms with Crippen LogP contribution >= 0.6 is 0 Å². The first-order chi connectivity index (χ1) is 7.36. The van der Waals surface area contributed by atoms with E-state index in [1.165, 1.54) is 6.33 Å². The Morgan fingerprint density at radius 1 is 1.60 bits per heavy atom. The summed E-state index contributed by atoms with van der Waals surface area (Å²) in [4.78, 5) is 21.7. The van der Waals surface area contributed by atoms with Crippen molar-refractivity contribution in [2.45, 2.75) is 6.04 Å². The van der Waals surface area contributed by atoms with Gasteiger partial charge in [0, 0.05) is 6.54 Å². The van der Waals surface area contributed by atoms with Crippen LogP contribution in [0.1, 0.15) is 0 Å². The van der Waals surface area contributed by atoms with Crippen LogP contribution in [-0.2, 0) is 9.53 Å². The van der Waals surface area contributed by atoms with Crippen molar-refractivity contribution < 1.29 is 9.53 Å². The first kappa shape index (κ1) is 8.60. The van der Waals surface area contributed by atoms with E-state index in [2.05, 4.69) is 15.3 Å². The standard InChI is InChI=1S/C9H10N4O2/c14-9-7-4-15-2-1-13(7)8-6(12-9)3-10-5-11-8/h3,5,7H,1-2,4H2,(H,12,14). The predicted octanol–water partition coefficient (Wildman–Crippen LogP) is -0.366. The molecule has 3 rings (SSSR count). The zero-order valence-electron chi connectivity index (χ0n) is 8.01. The van der Waals surface area contributed by atoms with Crippen LogP contribution < -0.4 is 10.2 Å². The molecule has 1 saturated heterocycles. The monoisotopic (exact) mass is 206 g/mol. The van der Waals surface area contributed by atoms with Crippen LogP contribution in [0.4, 0.5) is 11.5 Å². The Kier molecular flexibility index (Phi) is 1.81. The number of fused-ring (bicyclic) bond motifs is 3. The van der Waals surface area contributed by atoms with E-state index in [9.17, 15) is 4.79 Å². The van der Waals surface area contributed by atoms with Gasteiger partial charge in [-0.05, 0) is 0 Å². The van der Waals surface area contributed by atoms with Crippen molar-refractivity contribution >= 4 is 17.4 Å². The molecule has 1 fully saturated rings. The summed E-state index contributed by atoms with van der Waals surface area (Å²) in [6.45, 7) is 1.75. The average molecular weight is 206 g/mol. The lowest BCUT2D eigenvalue weighted by atomic mass is 10.1. The molecule has 0 spiro atoms. The van der Waals surface area contributed by atoms with Gasteiger partial charge in [0.1, 0.15) is 18.1 Å². The molecule has 0 bridgehead atoms. The van der Waals surface area contributed by atoms with E-state index >= 15 is 0 Å². The number of ether oxygens (including phenoxy) is 1. The number of amides is 1. The average Bonchev–Trinajstić information content (AvgIpc) is 2.30. The lowest BCUT2D eigenvalue weighted by Crippen LogP contribution is -2.55. The molecule has 2 aliphatic heterocycles. The van der Waals surface area contributed by atoms with Gasteiger partial charge in [-0.1, -0.05) is 0 Å². The quantitative estimate of drug-likeness (QED) is 0.627. The smallest absolute Gasteiger partial charge is 0.249 e. The van der Waals surface area contributed by atoms with E-state index in [4.69, 9.17) is 4.74 Å². The molecule has 3 heterocycles. The van der Waals surface area contributed by atoms with Crippen molar-refractivity contribution in [2.24, 2.45) is 0 Å². The molecule has 0 aliphatic carbocycles. The summed E-state index contributed by atoms with van der Waals surface area (Å²) in [6, 6.07) is -0.249. The molecule has 1 aromatic rings. The van der Waals surface area contributed by atoms with Gasteiger partial charge >= 0.3 is 0 Å². The van der Waals surface area contributed by atoms with E-state index in [0.29, 0.717) is 25.4 Å². The van der Waals surface area contributed by atoms with E-state index in [0.717, 1.165) is 5.82 Å². The zero-order chi connectivity index (χ0) is 10.3. The second-order valence-corrected chi connectivity index (χ2v) is 3.53. The summed E-state index contributed by atoms with van der Waals surface area (Å²) >= 11 is 0. The molecule has 2 aliphatic rings. The maximum atomic E-state index is 11.7. The highest BCUT2D eigenvalue weighted by Crippen LogP contribution is 2.29. The van der Waals surface area contributed by atoms with Crippen molar-refractivity contribution in [2.75, 3.05) is 30.0 Å². The Hall–Kier alpha value is -1.69. The van der Waals surface area contributed by atoms with Crippen LogP contribution in [0, 0.1) is 0 Å². The Morgan fingerprint density at radius 3 is 3.47 bits per heavy atom. The summed E-state index contributed by atoms with van der Waals surface area (Å²) in [5.74, 6) is 0.745. The number of hydrogen-bond acceptors (Lipinski definition) is 5. The zero-order valence-corrected chi connectivity index (χ0v) is 8.01. The van der Waals surface area contributed by atoms with Gasteiger partial charge in [-0.3, -0.25) is 4.79 Å². The van der Waals surface area contributed by atoms with Crippen LogP contribution in [0.3, 0.4) is 0 Å². The van der Waals surface area contributed by atoms with Gasteiger partial charge in [0.15, 0.2) is 5.82 Å². The lowest BCUT2D eigenvalue weighted by molar-refractivity contribution is -0.120. The van der Waals surface area contributed by atoms with Crippen LogP contribution in [0.15, 0.2) is 12.5 Å². The van der Waals surface area contributed by atoms with Gasteiger partial charge < -0.3 is 15.0 Å². The molecule has 6 nitrogen and oxygen atoms in total. The lowest BCUT2D eigenvalue weighted by Gasteiger charge is -2.39. The number of morpholine rings is 1. The first-order valence-electron chi connectivity index (χ1n) is 4.81. The minimum absolute atomic E-state index is 0.0444. The summed E-state index contributed by atoms with van der Waals surface area (Å²) in [6.07, 6.45) is 3.11. The van der Waals surface area contributed by atoms with Crippen molar-refractivity contribution in [3.05, 3.63) is 12.5 Å². The van der Waals surface area contributed by atoms with E-state index < -0.39 is 0 Å². The number of aromatic nitrogens is 2. The Balaban J connectivity index is 2.06. The highest BCUT2D eigenvalue weighted by atomic mass is 16.5. The number of carbonyl (C=O) groups is 1. The van der Waals surface area contributed by atoms with Gasteiger partial charge in [0.05, 0.1) is 19.4 Å². The molecule has 15 heavy (non-hydrogen) atoms. The maximum absolute atomic E-state index is 11.7. The molecule has 0 saturated carbocycles. The fourth-order valence-electron chi connectivity index (χ4n) is 1.93. The number of anilines is 2. The number of rotatable bonds is 0. The Morgan fingerprint density at radius 2 is 2.53 bits per heavy atom. The number of nitrogens with zero attached hydrogens (tertiary/aromatic N) is 3. The topological polar surface area (TPSA) is 67.4 Å². The minimum Gasteiger partial charge on any atom is -0.377 e. The van der Waals surface area contributed by atoms with Gasteiger partial charge in [-0.25, -0.2) is 9.97 Å². The molecule has 1 aromatic heterocycles. The molecule has 6 heteroatoms. The molecule has 1 N–H and O–H groups in total. The summed E-state index contributed by atoms with van der Waals surface area (Å²) in [7, 11) is 0. The third kappa shape index (κ3) is 1.25. The van der Waals surface area contributed by atoms with E-state index in [1.807, 2.05) is 4.90 Å². The molecule has 1 amide bonds. The number of hydrogen-bond donors (Lipinski definition) is 1. The molecule has 0 radical (unpaired) electrons. The van der Waals surface area contributed by atoms with Crippen molar-refractivity contribution in [1.82, 2.24) is 9.97 Å². The normalized spacial score (nSPS) is 24.1. The molecular formula is C9H10N4O2.